The molecule has 0 radical (unpaired) electrons. The van der Waals surface area contributed by atoms with E-state index < -0.39 is 5.54 Å². The maximum atomic E-state index is 8.85. The van der Waals surface area contributed by atoms with Crippen molar-refractivity contribution in [2.45, 2.75) is 51.7 Å². The van der Waals surface area contributed by atoms with Gasteiger partial charge in [-0.2, -0.15) is 5.26 Å². The molecule has 0 bridgehead atoms. The number of rotatable bonds is 9. The van der Waals surface area contributed by atoms with Gasteiger partial charge in [-0.25, -0.2) is 0 Å². The molecule has 0 aliphatic heterocycles. The summed E-state index contributed by atoms with van der Waals surface area (Å²) in [5, 5.41) is 8.85. The van der Waals surface area contributed by atoms with Crippen LogP contribution in [-0.2, 0) is 9.47 Å². The Morgan fingerprint density at radius 1 is 1.31 bits per heavy atom. The highest BCUT2D eigenvalue weighted by Gasteiger charge is 2.20. The van der Waals surface area contributed by atoms with Crippen LogP contribution in [0.25, 0.3) is 0 Å². The van der Waals surface area contributed by atoms with Gasteiger partial charge in [0.15, 0.2) is 0 Å². The van der Waals surface area contributed by atoms with Crippen molar-refractivity contribution in [3.63, 3.8) is 0 Å². The van der Waals surface area contributed by atoms with E-state index in [0.717, 1.165) is 6.42 Å². The van der Waals surface area contributed by atoms with Crippen molar-refractivity contribution in [2.24, 2.45) is 5.73 Å². The molecule has 16 heavy (non-hydrogen) atoms. The number of hydrogen-bond acceptors (Lipinski definition) is 4. The third-order valence-corrected chi connectivity index (χ3v) is 2.44. The minimum Gasteiger partial charge on any atom is -0.379 e. The van der Waals surface area contributed by atoms with Crippen LogP contribution in [0.2, 0.25) is 0 Å². The summed E-state index contributed by atoms with van der Waals surface area (Å²) in [6.45, 7) is 7.79. The highest BCUT2D eigenvalue weighted by molar-refractivity contribution is 5.03. The molecule has 2 N–H and O–H groups in total. The van der Waals surface area contributed by atoms with Crippen LogP contribution >= 0.6 is 0 Å². The van der Waals surface area contributed by atoms with E-state index in [9.17, 15) is 0 Å². The molecule has 4 heteroatoms. The maximum Gasteiger partial charge on any atom is 0.104 e. The van der Waals surface area contributed by atoms with E-state index in [1.165, 1.54) is 0 Å². The van der Waals surface area contributed by atoms with Crippen LogP contribution in [0.5, 0.6) is 0 Å². The molecule has 94 valence electrons. The molecule has 0 saturated heterocycles. The number of nitrogens with zero attached hydrogens (tertiary/aromatic N) is 1. The molecule has 4 nitrogen and oxygen atoms in total. The molecule has 0 spiro atoms. The first-order valence-corrected chi connectivity index (χ1v) is 5.93. The van der Waals surface area contributed by atoms with Crippen molar-refractivity contribution in [3.05, 3.63) is 0 Å². The average molecular weight is 228 g/mol. The number of nitrogens with two attached hydrogens (primary N) is 1. The van der Waals surface area contributed by atoms with E-state index in [-0.39, 0.29) is 6.10 Å². The zero-order chi connectivity index (χ0) is 12.4. The van der Waals surface area contributed by atoms with Crippen LogP contribution in [0.1, 0.15) is 40.0 Å². The Balaban J connectivity index is 3.37. The highest BCUT2D eigenvalue weighted by atomic mass is 16.5. The van der Waals surface area contributed by atoms with Crippen molar-refractivity contribution in [2.75, 3.05) is 19.8 Å². The van der Waals surface area contributed by atoms with Gasteiger partial charge < -0.3 is 15.2 Å². The van der Waals surface area contributed by atoms with Crippen molar-refractivity contribution >= 4 is 0 Å². The molecule has 0 heterocycles. The normalized spacial score (nSPS) is 14.8. The number of nitriles is 1. The van der Waals surface area contributed by atoms with Gasteiger partial charge in [0.2, 0.25) is 0 Å². The lowest BCUT2D eigenvalue weighted by Gasteiger charge is -2.18. The van der Waals surface area contributed by atoms with E-state index in [0.29, 0.717) is 32.7 Å². The second-order valence-electron chi connectivity index (χ2n) is 4.26. The molecule has 0 amide bonds. The van der Waals surface area contributed by atoms with E-state index in [1.807, 2.05) is 20.8 Å². The summed E-state index contributed by atoms with van der Waals surface area (Å²) in [5.41, 5.74) is 5.15. The Kier molecular flexibility index (Phi) is 8.18. The summed E-state index contributed by atoms with van der Waals surface area (Å²) in [4.78, 5) is 0. The van der Waals surface area contributed by atoms with Crippen LogP contribution in [0.3, 0.4) is 0 Å². The monoisotopic (exact) mass is 228 g/mol. The number of hydrogen-bond donors (Lipinski definition) is 1. The second-order valence-corrected chi connectivity index (χ2v) is 4.26. The minimum atomic E-state index is -0.683. The molecular weight excluding hydrogens is 204 g/mol. The van der Waals surface area contributed by atoms with Crippen molar-refractivity contribution in [1.29, 1.82) is 5.26 Å². The van der Waals surface area contributed by atoms with Gasteiger partial charge in [0.25, 0.3) is 0 Å². The van der Waals surface area contributed by atoms with Gasteiger partial charge in [-0.15, -0.1) is 0 Å². The standard InChI is InChI=1S/C12H24N2O2/c1-4-12(14,10-13)6-5-7-15-8-9-16-11(2)3/h11H,4-9,14H2,1-3H3. The van der Waals surface area contributed by atoms with E-state index in [4.69, 9.17) is 20.5 Å². The third-order valence-electron chi connectivity index (χ3n) is 2.44. The first-order chi connectivity index (χ1) is 7.54. The summed E-state index contributed by atoms with van der Waals surface area (Å²) in [7, 11) is 0. The average Bonchev–Trinajstić information content (AvgIpc) is 2.27. The third kappa shape index (κ3) is 7.63. The fourth-order valence-corrected chi connectivity index (χ4v) is 1.25. The van der Waals surface area contributed by atoms with E-state index in [2.05, 4.69) is 6.07 Å². The molecule has 0 rings (SSSR count). The summed E-state index contributed by atoms with van der Waals surface area (Å²) in [6.07, 6.45) is 2.43. The Morgan fingerprint density at radius 3 is 2.50 bits per heavy atom. The number of ether oxygens (including phenoxy) is 2. The van der Waals surface area contributed by atoms with Gasteiger partial charge in [-0.1, -0.05) is 6.92 Å². The van der Waals surface area contributed by atoms with Crippen LogP contribution in [-0.4, -0.2) is 31.5 Å². The van der Waals surface area contributed by atoms with Gasteiger partial charge >= 0.3 is 0 Å². The van der Waals surface area contributed by atoms with Crippen LogP contribution < -0.4 is 5.73 Å². The molecule has 1 atom stereocenters. The summed E-state index contributed by atoms with van der Waals surface area (Å²) < 4.78 is 10.7. The Labute approximate surface area is 98.7 Å². The summed E-state index contributed by atoms with van der Waals surface area (Å²) in [6, 6.07) is 2.14. The zero-order valence-corrected chi connectivity index (χ0v) is 10.7. The second kappa shape index (κ2) is 8.51. The lowest BCUT2D eigenvalue weighted by Crippen LogP contribution is -2.37. The van der Waals surface area contributed by atoms with Crippen LogP contribution in [0.4, 0.5) is 0 Å². The van der Waals surface area contributed by atoms with Gasteiger partial charge in [-0.05, 0) is 33.1 Å². The van der Waals surface area contributed by atoms with Gasteiger partial charge in [0.1, 0.15) is 5.54 Å². The Morgan fingerprint density at radius 2 is 2.00 bits per heavy atom. The van der Waals surface area contributed by atoms with Crippen molar-refractivity contribution in [3.8, 4) is 6.07 Å². The molecular formula is C12H24N2O2. The van der Waals surface area contributed by atoms with Crippen molar-refractivity contribution < 1.29 is 9.47 Å². The molecule has 0 fully saturated rings. The summed E-state index contributed by atoms with van der Waals surface area (Å²) in [5.74, 6) is 0. The lowest BCUT2D eigenvalue weighted by atomic mass is 9.94. The molecule has 0 aromatic heterocycles. The largest absolute Gasteiger partial charge is 0.379 e. The predicted molar refractivity (Wildman–Crippen MR) is 64.0 cm³/mol. The first kappa shape index (κ1) is 15.4. The van der Waals surface area contributed by atoms with Gasteiger partial charge in [0.05, 0.1) is 25.4 Å². The Bertz CT molecular complexity index is 214. The zero-order valence-electron chi connectivity index (χ0n) is 10.7. The maximum absolute atomic E-state index is 8.85. The quantitative estimate of drug-likeness (QED) is 0.611. The van der Waals surface area contributed by atoms with Crippen molar-refractivity contribution in [1.82, 2.24) is 0 Å². The lowest BCUT2D eigenvalue weighted by molar-refractivity contribution is 0.0181. The summed E-state index contributed by atoms with van der Waals surface area (Å²) >= 11 is 0. The highest BCUT2D eigenvalue weighted by Crippen LogP contribution is 2.12. The SMILES string of the molecule is CCC(N)(C#N)CCCOCCOC(C)C. The fraction of sp³-hybridized carbons (Fsp3) is 0.917. The first-order valence-electron chi connectivity index (χ1n) is 5.93. The minimum absolute atomic E-state index is 0.249. The van der Waals surface area contributed by atoms with Crippen LogP contribution in [0.15, 0.2) is 0 Å². The molecule has 1 unspecified atom stereocenters. The van der Waals surface area contributed by atoms with Crippen LogP contribution in [0, 0.1) is 11.3 Å². The van der Waals surface area contributed by atoms with Gasteiger partial charge in [0, 0.05) is 6.61 Å². The molecule has 0 aliphatic rings. The van der Waals surface area contributed by atoms with E-state index in [1.54, 1.807) is 0 Å². The molecule has 0 aromatic rings. The smallest absolute Gasteiger partial charge is 0.104 e. The Hall–Kier alpha value is -0.630. The van der Waals surface area contributed by atoms with E-state index >= 15 is 0 Å². The fourth-order valence-electron chi connectivity index (χ4n) is 1.25. The predicted octanol–water partition coefficient (Wildman–Crippen LogP) is 1.84. The molecule has 0 aromatic carbocycles. The topological polar surface area (TPSA) is 68.3 Å². The molecule has 0 aliphatic carbocycles. The molecule has 0 saturated carbocycles. The van der Waals surface area contributed by atoms with Gasteiger partial charge in [-0.3, -0.25) is 0 Å².